The molecule has 0 saturated heterocycles. The van der Waals surface area contributed by atoms with Crippen LogP contribution in [0.1, 0.15) is 94.1 Å². The van der Waals surface area contributed by atoms with Crippen molar-refractivity contribution in [1.82, 2.24) is 5.32 Å². The summed E-state index contributed by atoms with van der Waals surface area (Å²) in [7, 11) is 2.53. The highest BCUT2D eigenvalue weighted by Gasteiger charge is 2.32. The average molecular weight is 885 g/mol. The molecule has 6 rings (SSSR count). The lowest BCUT2D eigenvalue weighted by atomic mass is 9.82. The first kappa shape index (κ1) is 46.4. The molecule has 0 aromatic heterocycles. The van der Waals surface area contributed by atoms with Crippen molar-refractivity contribution < 1.29 is 57.4 Å². The highest BCUT2D eigenvalue weighted by molar-refractivity contribution is 6.31. The van der Waals surface area contributed by atoms with Crippen LogP contribution in [-0.4, -0.2) is 97.5 Å². The molecule has 4 aromatic rings. The van der Waals surface area contributed by atoms with Crippen molar-refractivity contribution in [2.75, 3.05) is 49.7 Å². The molecule has 0 heterocycles. The molecule has 0 unspecified atom stereocenters. The van der Waals surface area contributed by atoms with Crippen molar-refractivity contribution in [3.05, 3.63) is 128 Å². The van der Waals surface area contributed by atoms with E-state index >= 15 is 0 Å². The quantitative estimate of drug-likeness (QED) is 0.0894. The van der Waals surface area contributed by atoms with E-state index < -0.39 is 17.8 Å². The number of ether oxygens (including phenoxy) is 2. The summed E-state index contributed by atoms with van der Waals surface area (Å²) in [5, 5.41) is 7.92. The minimum Gasteiger partial charge on any atom is -0.469 e. The van der Waals surface area contributed by atoms with E-state index in [1.54, 1.807) is 30.3 Å². The molecule has 0 bridgehead atoms. The van der Waals surface area contributed by atoms with Crippen LogP contribution in [0.3, 0.4) is 0 Å². The number of benzene rings is 4. The molecule has 0 fully saturated rings. The van der Waals surface area contributed by atoms with Crippen molar-refractivity contribution in [2.24, 2.45) is 0 Å². The zero-order valence-corrected chi connectivity index (χ0v) is 35.0. The third kappa shape index (κ3) is 11.4. The predicted molar refractivity (Wildman–Crippen MR) is 226 cm³/mol. The van der Waals surface area contributed by atoms with Gasteiger partial charge in [0.2, 0.25) is 11.8 Å². The molecule has 62 heavy (non-hydrogen) atoms. The van der Waals surface area contributed by atoms with E-state index in [0.29, 0.717) is 28.9 Å². The first-order valence-corrected chi connectivity index (χ1v) is 20.1. The Morgan fingerprint density at radius 2 is 0.919 bits per heavy atom. The Balaban J connectivity index is 0.000000246. The summed E-state index contributed by atoms with van der Waals surface area (Å²) < 4.78 is 9.04. The number of methoxy groups -OCH3 is 2. The Hall–Kier alpha value is -6.68. The predicted octanol–water partition coefficient (Wildman–Crippen LogP) is 4.61. The maximum Gasteiger partial charge on any atom is 0.319 e. The number of rotatable bonds is 16. The molecule has 2 amide bonds. The zero-order valence-electron chi connectivity index (χ0n) is 33.4. The molecule has 0 aliphatic heterocycles. The summed E-state index contributed by atoms with van der Waals surface area (Å²) in [6, 6.07) is 18.4. The number of carbonyl (C=O) groups is 10. The van der Waals surface area contributed by atoms with Gasteiger partial charge in [-0.05, 0) is 66.1 Å². The Kier molecular flexibility index (Phi) is 15.9. The minimum atomic E-state index is -0.486. The summed E-state index contributed by atoms with van der Waals surface area (Å²) in [5.74, 6) is -3.63. The molecule has 0 atom stereocenters. The topological polar surface area (TPSA) is 225 Å². The van der Waals surface area contributed by atoms with Crippen LogP contribution in [0, 0.1) is 0 Å². The maximum atomic E-state index is 13.1. The number of Topliss-reactive ketones (excluding diaryl/α,β-unsaturated/α-hetero) is 2. The summed E-state index contributed by atoms with van der Waals surface area (Å²) >= 11 is 11.0. The van der Waals surface area contributed by atoms with Gasteiger partial charge in [0.05, 0.1) is 33.2 Å². The molecule has 0 spiro atoms. The summed E-state index contributed by atoms with van der Waals surface area (Å²) in [6.07, 6.45) is 0.669. The van der Waals surface area contributed by atoms with Gasteiger partial charge in [-0.2, -0.15) is 0 Å². The smallest absolute Gasteiger partial charge is 0.319 e. The average Bonchev–Trinajstić information content (AvgIpc) is 3.27. The molecule has 0 radical (unpaired) electrons. The van der Waals surface area contributed by atoms with Crippen LogP contribution in [0.25, 0.3) is 0 Å². The van der Waals surface area contributed by atoms with Crippen LogP contribution in [0.5, 0.6) is 0 Å². The SMILES string of the molecule is COC(=O)CCCC(=O)Nc1ccc2c(c1)C(=O)c1ccc(CC(=O)CNCC(=O)OC)cc1C2=O.O=C(CCl)Cc1ccc2c(c1)C(=O)c1ccc(NC(=O)CCl)cc1C2=O. The number of nitrogens with one attached hydrogen (secondary N) is 3. The number of esters is 2. The van der Waals surface area contributed by atoms with E-state index in [1.165, 1.54) is 56.7 Å². The Morgan fingerprint density at radius 3 is 1.37 bits per heavy atom. The van der Waals surface area contributed by atoms with Crippen molar-refractivity contribution >= 4 is 93.0 Å². The van der Waals surface area contributed by atoms with E-state index in [9.17, 15) is 47.9 Å². The largest absolute Gasteiger partial charge is 0.469 e. The van der Waals surface area contributed by atoms with Gasteiger partial charge < -0.3 is 25.4 Å². The van der Waals surface area contributed by atoms with E-state index in [4.69, 9.17) is 23.2 Å². The molecular weight excluding hydrogens is 845 g/mol. The van der Waals surface area contributed by atoms with E-state index in [0.717, 1.165) is 0 Å². The Labute approximate surface area is 364 Å². The number of ketones is 6. The first-order chi connectivity index (χ1) is 29.7. The molecule has 3 N–H and O–H groups in total. The van der Waals surface area contributed by atoms with Crippen LogP contribution in [-0.2, 0) is 51.1 Å². The number of hydrogen-bond donors (Lipinski definition) is 3. The molecule has 2 aliphatic rings. The van der Waals surface area contributed by atoms with Gasteiger partial charge in [-0.1, -0.05) is 24.3 Å². The molecule has 2 aliphatic carbocycles. The summed E-state index contributed by atoms with van der Waals surface area (Å²) in [5.41, 5.74) is 3.77. The third-order valence-corrected chi connectivity index (χ3v) is 10.2. The first-order valence-electron chi connectivity index (χ1n) is 19.0. The minimum absolute atomic E-state index is 0.0245. The van der Waals surface area contributed by atoms with E-state index in [2.05, 4.69) is 25.4 Å². The van der Waals surface area contributed by atoms with Gasteiger partial charge in [-0.15, -0.1) is 23.2 Å². The molecular formula is C45H39Cl2N3O12. The van der Waals surface area contributed by atoms with Crippen molar-refractivity contribution in [2.45, 2.75) is 32.1 Å². The molecule has 0 saturated carbocycles. The fourth-order valence-corrected chi connectivity index (χ4v) is 6.79. The molecule has 15 nitrogen and oxygen atoms in total. The Bertz CT molecular complexity index is 2360. The molecule has 17 heteroatoms. The van der Waals surface area contributed by atoms with Crippen molar-refractivity contribution in [1.29, 1.82) is 0 Å². The number of anilines is 2. The second kappa shape index (κ2) is 21.2. The fourth-order valence-electron chi connectivity index (χ4n) is 6.62. The van der Waals surface area contributed by atoms with Gasteiger partial charge in [0.25, 0.3) is 0 Å². The number of fused-ring (bicyclic) bond motifs is 4. The lowest BCUT2D eigenvalue weighted by molar-refractivity contribution is -0.141. The Morgan fingerprint density at radius 1 is 0.484 bits per heavy atom. The van der Waals surface area contributed by atoms with Gasteiger partial charge in [0.1, 0.15) is 5.88 Å². The van der Waals surface area contributed by atoms with Crippen LogP contribution in [0.4, 0.5) is 11.4 Å². The van der Waals surface area contributed by atoms with Crippen LogP contribution < -0.4 is 16.0 Å². The summed E-state index contributed by atoms with van der Waals surface area (Å²) in [6.45, 7) is -0.134. The van der Waals surface area contributed by atoms with Crippen LogP contribution >= 0.6 is 23.2 Å². The number of alkyl halides is 2. The highest BCUT2D eigenvalue weighted by Crippen LogP contribution is 2.32. The number of amides is 2. The third-order valence-electron chi connectivity index (χ3n) is 9.64. The number of halogens is 2. The van der Waals surface area contributed by atoms with Crippen LogP contribution in [0.2, 0.25) is 0 Å². The molecule has 320 valence electrons. The summed E-state index contributed by atoms with van der Waals surface area (Å²) in [4.78, 5) is 121. The second-order valence-corrected chi connectivity index (χ2v) is 14.5. The van der Waals surface area contributed by atoms with Gasteiger partial charge in [0, 0.05) is 81.6 Å². The standard InChI is InChI=1S/C26H26N2O8.C19H13Cl2NO4/c1-35-23(31)5-3-4-22(30)28-16-7-9-19-21(12-16)26(34)18-8-6-15(11-20(18)25(19)33)10-17(29)13-27-14-24(32)36-2;20-8-12(23)5-10-1-3-13-15(6-10)18(25)14-4-2-11(22-17(24)9-21)7-16(14)19(13)26/h6-9,11-12,27H,3-5,10,13-14H2,1-2H3,(H,28,30);1-4,6-7H,5,8-9H2,(H,22,24). The van der Waals surface area contributed by atoms with Gasteiger partial charge in [-0.25, -0.2) is 0 Å². The van der Waals surface area contributed by atoms with Gasteiger partial charge >= 0.3 is 11.9 Å². The highest BCUT2D eigenvalue weighted by atomic mass is 35.5. The van der Waals surface area contributed by atoms with E-state index in [1.807, 2.05) is 0 Å². The van der Waals surface area contributed by atoms with E-state index in [-0.39, 0.29) is 136 Å². The van der Waals surface area contributed by atoms with Gasteiger partial charge in [0.15, 0.2) is 34.7 Å². The van der Waals surface area contributed by atoms with Gasteiger partial charge in [-0.3, -0.25) is 47.9 Å². The van der Waals surface area contributed by atoms with Crippen molar-refractivity contribution in [3.63, 3.8) is 0 Å². The maximum absolute atomic E-state index is 13.1. The second-order valence-electron chi connectivity index (χ2n) is 14.0. The normalized spacial score (nSPS) is 12.1. The monoisotopic (exact) mass is 883 g/mol. The van der Waals surface area contributed by atoms with Crippen LogP contribution in [0.15, 0.2) is 72.8 Å². The van der Waals surface area contributed by atoms with Crippen molar-refractivity contribution in [3.8, 4) is 0 Å². The number of hydrogen-bond acceptors (Lipinski definition) is 13. The fraction of sp³-hybridized carbons (Fsp3) is 0.244. The lowest BCUT2D eigenvalue weighted by Crippen LogP contribution is -2.30. The molecule has 4 aromatic carbocycles. The lowest BCUT2D eigenvalue weighted by Gasteiger charge is -2.19. The zero-order chi connectivity index (χ0) is 45.1. The number of carbonyl (C=O) groups excluding carboxylic acids is 10.